The molecule has 1 unspecified atom stereocenters. The number of carbonyl (C=O) groups excluding carboxylic acids is 1. The van der Waals surface area contributed by atoms with Gasteiger partial charge in [0.1, 0.15) is 6.61 Å². The van der Waals surface area contributed by atoms with Gasteiger partial charge in [0.15, 0.2) is 5.06 Å². The van der Waals surface area contributed by atoms with E-state index in [0.717, 1.165) is 57.8 Å². The molecule has 1 fully saturated rings. The monoisotopic (exact) mass is 514 g/mol. The number of thiophene rings is 1. The molecule has 0 aliphatic heterocycles. The van der Waals surface area contributed by atoms with Gasteiger partial charge in [-0.05, 0) is 48.6 Å². The fraction of sp³-hybridized carbons (Fsp3) is 0.355. The molecule has 192 valence electrons. The summed E-state index contributed by atoms with van der Waals surface area (Å²) < 4.78 is 6.12. The summed E-state index contributed by atoms with van der Waals surface area (Å²) in [6.45, 7) is 0.246. The van der Waals surface area contributed by atoms with Crippen LogP contribution < -0.4 is 10.1 Å². The standard InChI is InChI=1S/C31H34N2O3S/c34-20-27(22-10-6-3-7-11-22)33-31(35)30(24-13-4-1-2-5-14-24)28-18-19-29(37-28)36-21-25-17-16-23-12-8-9-15-26(23)32-25/h3,6-12,15-19,24,27,30,34H,1-2,4-5,13-14,20-21H2,(H,33,35)/t27-,30?/m0/s1. The van der Waals surface area contributed by atoms with Gasteiger partial charge < -0.3 is 15.2 Å². The maximum absolute atomic E-state index is 13.7. The largest absolute Gasteiger partial charge is 0.478 e. The number of ether oxygens (including phenoxy) is 1. The first kappa shape index (κ1) is 25.4. The SMILES string of the molecule is O=C(N[C@@H](CO)c1ccccc1)C(c1ccc(OCc2ccc3ccccc3n2)s1)C1CCCCCC1. The Balaban J connectivity index is 1.33. The summed E-state index contributed by atoms with van der Waals surface area (Å²) in [5.41, 5.74) is 2.74. The maximum Gasteiger partial charge on any atom is 0.229 e. The van der Waals surface area contributed by atoms with Crippen LogP contribution in [0.1, 0.15) is 66.6 Å². The molecule has 1 aliphatic carbocycles. The van der Waals surface area contributed by atoms with Crippen LogP contribution in [0.15, 0.2) is 78.9 Å². The molecule has 6 heteroatoms. The predicted octanol–water partition coefficient (Wildman–Crippen LogP) is 6.78. The van der Waals surface area contributed by atoms with Gasteiger partial charge >= 0.3 is 0 Å². The van der Waals surface area contributed by atoms with Gasteiger partial charge in [-0.15, -0.1) is 11.3 Å². The third kappa shape index (κ3) is 6.38. The van der Waals surface area contributed by atoms with Gasteiger partial charge in [0.2, 0.25) is 5.91 Å². The van der Waals surface area contributed by atoms with E-state index in [4.69, 9.17) is 9.72 Å². The van der Waals surface area contributed by atoms with Gasteiger partial charge in [0.25, 0.3) is 0 Å². The molecule has 1 amide bonds. The number of pyridine rings is 1. The number of aliphatic hydroxyl groups is 1. The Bertz CT molecular complexity index is 1300. The van der Waals surface area contributed by atoms with Crippen LogP contribution in [0.25, 0.3) is 10.9 Å². The first-order valence-electron chi connectivity index (χ1n) is 13.2. The lowest BCUT2D eigenvalue weighted by Crippen LogP contribution is -2.37. The minimum atomic E-state index is -0.420. The van der Waals surface area contributed by atoms with Crippen molar-refractivity contribution < 1.29 is 14.6 Å². The first-order valence-corrected chi connectivity index (χ1v) is 14.1. The summed E-state index contributed by atoms with van der Waals surface area (Å²) in [6.07, 6.45) is 6.85. The second-order valence-corrected chi connectivity index (χ2v) is 10.9. The fourth-order valence-electron chi connectivity index (χ4n) is 5.31. The van der Waals surface area contributed by atoms with Crippen molar-refractivity contribution in [1.29, 1.82) is 0 Å². The molecule has 0 bridgehead atoms. The summed E-state index contributed by atoms with van der Waals surface area (Å²) >= 11 is 1.55. The van der Waals surface area contributed by atoms with Gasteiger partial charge in [0, 0.05) is 10.3 Å². The van der Waals surface area contributed by atoms with Crippen molar-refractivity contribution >= 4 is 28.1 Å². The summed E-state index contributed by atoms with van der Waals surface area (Å²) in [7, 11) is 0. The number of hydrogen-bond donors (Lipinski definition) is 2. The van der Waals surface area contributed by atoms with Crippen LogP contribution in [0.4, 0.5) is 0 Å². The summed E-state index contributed by atoms with van der Waals surface area (Å²) in [4.78, 5) is 19.5. The van der Waals surface area contributed by atoms with Crippen LogP contribution in [0.5, 0.6) is 5.06 Å². The number of fused-ring (bicyclic) bond motifs is 1. The van der Waals surface area contributed by atoms with Gasteiger partial charge in [-0.3, -0.25) is 4.79 Å². The average molecular weight is 515 g/mol. The number of hydrogen-bond acceptors (Lipinski definition) is 5. The third-order valence-electron chi connectivity index (χ3n) is 7.28. The molecular weight excluding hydrogens is 480 g/mol. The lowest BCUT2D eigenvalue weighted by molar-refractivity contribution is -0.125. The molecule has 1 aliphatic rings. The zero-order valence-electron chi connectivity index (χ0n) is 21.0. The highest BCUT2D eigenvalue weighted by Gasteiger charge is 2.33. The number of para-hydroxylation sites is 1. The number of benzene rings is 2. The summed E-state index contributed by atoms with van der Waals surface area (Å²) in [5.74, 6) is 0.0164. The molecule has 2 aromatic heterocycles. The number of aromatic nitrogens is 1. The van der Waals surface area contributed by atoms with Crippen LogP contribution in [0.3, 0.4) is 0 Å². The molecule has 2 aromatic carbocycles. The second-order valence-electron chi connectivity index (χ2n) is 9.82. The van der Waals surface area contributed by atoms with Gasteiger partial charge in [-0.1, -0.05) is 80.3 Å². The zero-order valence-corrected chi connectivity index (χ0v) is 21.8. The van der Waals surface area contributed by atoms with Crippen molar-refractivity contribution in [3.63, 3.8) is 0 Å². The Hall–Kier alpha value is -3.22. The molecule has 5 nitrogen and oxygen atoms in total. The minimum Gasteiger partial charge on any atom is -0.478 e. The van der Waals surface area contributed by atoms with Crippen molar-refractivity contribution in [3.8, 4) is 5.06 Å². The molecule has 2 heterocycles. The lowest BCUT2D eigenvalue weighted by atomic mass is 9.84. The van der Waals surface area contributed by atoms with E-state index in [9.17, 15) is 9.90 Å². The highest BCUT2D eigenvalue weighted by molar-refractivity contribution is 7.14. The van der Waals surface area contributed by atoms with E-state index in [2.05, 4.69) is 17.4 Å². The van der Waals surface area contributed by atoms with Crippen molar-refractivity contribution in [2.75, 3.05) is 6.61 Å². The van der Waals surface area contributed by atoms with Crippen LogP contribution in [0.2, 0.25) is 0 Å². The first-order chi connectivity index (χ1) is 18.2. The Kier molecular flexibility index (Phi) is 8.49. The van der Waals surface area contributed by atoms with Crippen molar-refractivity contribution in [2.24, 2.45) is 5.92 Å². The number of aliphatic hydroxyl groups excluding tert-OH is 1. The molecule has 0 spiro atoms. The molecule has 0 radical (unpaired) electrons. The highest BCUT2D eigenvalue weighted by atomic mass is 32.1. The number of nitrogens with one attached hydrogen (secondary N) is 1. The number of nitrogens with zero attached hydrogens (tertiary/aromatic N) is 1. The molecule has 37 heavy (non-hydrogen) atoms. The van der Waals surface area contributed by atoms with E-state index in [-0.39, 0.29) is 24.3 Å². The lowest BCUT2D eigenvalue weighted by Gasteiger charge is -2.27. The maximum atomic E-state index is 13.7. The minimum absolute atomic E-state index is 0.0144. The van der Waals surface area contributed by atoms with Crippen molar-refractivity contribution in [3.05, 3.63) is 95.0 Å². The predicted molar refractivity (Wildman–Crippen MR) is 149 cm³/mol. The molecular formula is C31H34N2O3S. The Morgan fingerprint density at radius 3 is 2.49 bits per heavy atom. The summed E-state index contributed by atoms with van der Waals surface area (Å²) in [6, 6.07) is 25.4. The molecule has 0 saturated heterocycles. The van der Waals surface area contributed by atoms with E-state index in [1.54, 1.807) is 11.3 Å². The summed E-state index contributed by atoms with van der Waals surface area (Å²) in [5, 5.41) is 15.1. The molecule has 5 rings (SSSR count). The Morgan fingerprint density at radius 2 is 1.70 bits per heavy atom. The number of amides is 1. The highest BCUT2D eigenvalue weighted by Crippen LogP contribution is 2.40. The average Bonchev–Trinajstić information content (AvgIpc) is 3.24. The van der Waals surface area contributed by atoms with Crippen LogP contribution >= 0.6 is 11.3 Å². The van der Waals surface area contributed by atoms with Crippen molar-refractivity contribution in [2.45, 2.75) is 57.1 Å². The normalized spacial score (nSPS) is 16.1. The van der Waals surface area contributed by atoms with Gasteiger partial charge in [0.05, 0.1) is 29.8 Å². The molecule has 4 aromatic rings. The van der Waals surface area contributed by atoms with E-state index < -0.39 is 6.04 Å². The Morgan fingerprint density at radius 1 is 0.946 bits per heavy atom. The van der Waals surface area contributed by atoms with Crippen LogP contribution in [-0.4, -0.2) is 22.6 Å². The quantitative estimate of drug-likeness (QED) is 0.242. The van der Waals surface area contributed by atoms with Gasteiger partial charge in [-0.2, -0.15) is 0 Å². The number of rotatable bonds is 9. The third-order valence-corrected chi connectivity index (χ3v) is 8.36. The van der Waals surface area contributed by atoms with E-state index in [1.807, 2.05) is 66.7 Å². The molecule has 1 saturated carbocycles. The van der Waals surface area contributed by atoms with E-state index >= 15 is 0 Å². The molecule has 2 atom stereocenters. The molecule has 2 N–H and O–H groups in total. The smallest absolute Gasteiger partial charge is 0.229 e. The van der Waals surface area contributed by atoms with Crippen LogP contribution in [0, 0.1) is 5.92 Å². The fourth-order valence-corrected chi connectivity index (χ4v) is 6.36. The van der Waals surface area contributed by atoms with Crippen molar-refractivity contribution in [1.82, 2.24) is 10.3 Å². The second kappa shape index (κ2) is 12.3. The van der Waals surface area contributed by atoms with E-state index in [1.165, 1.54) is 12.8 Å². The number of carbonyl (C=O) groups is 1. The Labute approximate surface area is 222 Å². The zero-order chi connectivity index (χ0) is 25.5. The van der Waals surface area contributed by atoms with E-state index in [0.29, 0.717) is 6.61 Å². The topological polar surface area (TPSA) is 71.5 Å². The van der Waals surface area contributed by atoms with Gasteiger partial charge in [-0.25, -0.2) is 4.98 Å². The van der Waals surface area contributed by atoms with Crippen LogP contribution in [-0.2, 0) is 11.4 Å².